The highest BCUT2D eigenvalue weighted by atomic mass is 127. The van der Waals surface area contributed by atoms with E-state index in [0.29, 0.717) is 24.8 Å². The van der Waals surface area contributed by atoms with Gasteiger partial charge in [-0.3, -0.25) is 9.67 Å². The van der Waals surface area contributed by atoms with E-state index < -0.39 is 13.0 Å². The van der Waals surface area contributed by atoms with Crippen LogP contribution in [-0.4, -0.2) is 35.8 Å². The molecule has 0 spiro atoms. The summed E-state index contributed by atoms with van der Waals surface area (Å²) in [5.74, 6) is 1.07. The van der Waals surface area contributed by atoms with Gasteiger partial charge in [0.05, 0.1) is 5.69 Å². The number of rotatable bonds is 7. The summed E-state index contributed by atoms with van der Waals surface area (Å²) >= 11 is 0. The highest BCUT2D eigenvalue weighted by Crippen LogP contribution is 2.14. The van der Waals surface area contributed by atoms with Gasteiger partial charge in [0.25, 0.3) is 6.43 Å². The van der Waals surface area contributed by atoms with Gasteiger partial charge >= 0.3 is 0 Å². The molecule has 2 aromatic rings. The number of aryl methyl sites for hydroxylation is 2. The first-order chi connectivity index (χ1) is 12.4. The molecular weight excluding hydrogens is 467 g/mol. The summed E-state index contributed by atoms with van der Waals surface area (Å²) < 4.78 is 31.4. The predicted molar refractivity (Wildman–Crippen MR) is 113 cm³/mol. The molecule has 0 aliphatic rings. The molecule has 27 heavy (non-hydrogen) atoms. The van der Waals surface area contributed by atoms with Gasteiger partial charge in [-0.05, 0) is 31.5 Å². The summed E-state index contributed by atoms with van der Waals surface area (Å²) in [6.07, 6.45) is -2.49. The smallest absolute Gasteiger partial charge is 0.272 e. The first kappa shape index (κ1) is 23.1. The maximum absolute atomic E-state index is 12.2. The van der Waals surface area contributed by atoms with E-state index in [1.165, 1.54) is 0 Å². The Hall–Kier alpha value is -1.91. The lowest BCUT2D eigenvalue weighted by atomic mass is 10.2. The summed E-state index contributed by atoms with van der Waals surface area (Å²) in [5, 5.41) is 10.9. The number of guanidine groups is 1. The second kappa shape index (κ2) is 11.1. The fourth-order valence-electron chi connectivity index (χ4n) is 2.56. The minimum atomic E-state index is -2.49. The van der Waals surface area contributed by atoms with E-state index in [4.69, 9.17) is 4.74 Å². The standard InChI is InChI=1S/C18H25F2N5O.HI/c1-12-16(13(2)25(4)24-12)10-23-18(21-3)22-9-14-6-5-7-15(8-14)26-11-17(19)20;/h5-8,17H,9-11H2,1-4H3,(H2,21,22,23);1H. The number of nitrogens with one attached hydrogen (secondary N) is 2. The molecular formula is C18H26F2IN5O. The Labute approximate surface area is 175 Å². The van der Waals surface area contributed by atoms with E-state index in [0.717, 1.165) is 22.5 Å². The maximum Gasteiger partial charge on any atom is 0.272 e. The van der Waals surface area contributed by atoms with E-state index in [-0.39, 0.29) is 24.0 Å². The lowest BCUT2D eigenvalue weighted by molar-refractivity contribution is 0.0818. The largest absolute Gasteiger partial charge is 0.488 e. The SMILES string of the molecule is CN=C(NCc1cccc(OCC(F)F)c1)NCc1c(C)nn(C)c1C.I. The molecule has 0 aliphatic heterocycles. The van der Waals surface area contributed by atoms with Gasteiger partial charge in [-0.1, -0.05) is 12.1 Å². The van der Waals surface area contributed by atoms with Gasteiger partial charge in [0.2, 0.25) is 0 Å². The number of aliphatic imine (C=N–C) groups is 1. The second-order valence-corrected chi connectivity index (χ2v) is 5.90. The molecule has 9 heteroatoms. The number of nitrogens with zero attached hydrogens (tertiary/aromatic N) is 3. The molecule has 0 atom stereocenters. The van der Waals surface area contributed by atoms with Crippen LogP contribution < -0.4 is 15.4 Å². The van der Waals surface area contributed by atoms with Crippen molar-refractivity contribution in [2.45, 2.75) is 33.4 Å². The molecule has 0 fully saturated rings. The average molecular weight is 493 g/mol. The summed E-state index contributed by atoms with van der Waals surface area (Å²) in [6.45, 7) is 4.51. The van der Waals surface area contributed by atoms with Crippen LogP contribution in [0.1, 0.15) is 22.5 Å². The zero-order valence-corrected chi connectivity index (χ0v) is 18.3. The Bertz CT molecular complexity index is 764. The summed E-state index contributed by atoms with van der Waals surface area (Å²) in [4.78, 5) is 4.20. The Balaban J connectivity index is 0.00000364. The van der Waals surface area contributed by atoms with E-state index >= 15 is 0 Å². The lowest BCUT2D eigenvalue weighted by Gasteiger charge is -2.13. The van der Waals surface area contributed by atoms with Crippen LogP contribution in [0.25, 0.3) is 0 Å². The molecule has 2 N–H and O–H groups in total. The van der Waals surface area contributed by atoms with Gasteiger partial charge in [0, 0.05) is 38.4 Å². The zero-order chi connectivity index (χ0) is 19.1. The van der Waals surface area contributed by atoms with Gasteiger partial charge < -0.3 is 15.4 Å². The van der Waals surface area contributed by atoms with Crippen molar-refractivity contribution >= 4 is 29.9 Å². The van der Waals surface area contributed by atoms with E-state index in [9.17, 15) is 8.78 Å². The van der Waals surface area contributed by atoms with Crippen molar-refractivity contribution in [3.8, 4) is 5.75 Å². The topological polar surface area (TPSA) is 63.5 Å². The highest BCUT2D eigenvalue weighted by molar-refractivity contribution is 14.0. The number of benzene rings is 1. The molecule has 1 aromatic heterocycles. The molecule has 150 valence electrons. The van der Waals surface area contributed by atoms with Gasteiger partial charge in [-0.2, -0.15) is 5.10 Å². The van der Waals surface area contributed by atoms with Crippen molar-refractivity contribution in [3.63, 3.8) is 0 Å². The minimum absolute atomic E-state index is 0. The summed E-state index contributed by atoms with van der Waals surface area (Å²) in [7, 11) is 3.61. The minimum Gasteiger partial charge on any atom is -0.488 e. The number of halogens is 3. The normalized spacial score (nSPS) is 11.3. The number of hydrogen-bond donors (Lipinski definition) is 2. The monoisotopic (exact) mass is 493 g/mol. The summed E-state index contributed by atoms with van der Waals surface area (Å²) in [5.41, 5.74) is 4.14. The molecule has 1 aromatic carbocycles. The molecule has 0 radical (unpaired) electrons. The number of ether oxygens (including phenoxy) is 1. The van der Waals surface area contributed by atoms with Gasteiger partial charge in [-0.15, -0.1) is 24.0 Å². The van der Waals surface area contributed by atoms with Crippen molar-refractivity contribution in [2.75, 3.05) is 13.7 Å². The third-order valence-corrected chi connectivity index (χ3v) is 4.05. The van der Waals surface area contributed by atoms with Crippen LogP contribution in [-0.2, 0) is 20.1 Å². The number of alkyl halides is 2. The third kappa shape index (κ3) is 6.96. The van der Waals surface area contributed by atoms with E-state index in [2.05, 4.69) is 20.7 Å². The van der Waals surface area contributed by atoms with Crippen molar-refractivity contribution in [1.82, 2.24) is 20.4 Å². The zero-order valence-electron chi connectivity index (χ0n) is 15.9. The Kier molecular flexibility index (Phi) is 9.47. The van der Waals surface area contributed by atoms with Crippen LogP contribution in [0, 0.1) is 13.8 Å². The first-order valence-electron chi connectivity index (χ1n) is 8.34. The average Bonchev–Trinajstić information content (AvgIpc) is 2.86. The molecule has 2 rings (SSSR count). The van der Waals surface area contributed by atoms with E-state index in [1.807, 2.05) is 31.6 Å². The van der Waals surface area contributed by atoms with Crippen LogP contribution in [0.3, 0.4) is 0 Å². The van der Waals surface area contributed by atoms with Crippen LogP contribution in [0.5, 0.6) is 5.75 Å². The fourth-order valence-corrected chi connectivity index (χ4v) is 2.56. The lowest BCUT2D eigenvalue weighted by Crippen LogP contribution is -2.36. The van der Waals surface area contributed by atoms with Crippen LogP contribution in [0.15, 0.2) is 29.3 Å². The maximum atomic E-state index is 12.2. The molecule has 0 saturated carbocycles. The molecule has 6 nitrogen and oxygen atoms in total. The molecule has 0 unspecified atom stereocenters. The third-order valence-electron chi connectivity index (χ3n) is 4.05. The Morgan fingerprint density at radius 3 is 2.56 bits per heavy atom. The fraction of sp³-hybridized carbons (Fsp3) is 0.444. The van der Waals surface area contributed by atoms with Crippen LogP contribution in [0.4, 0.5) is 8.78 Å². The first-order valence-corrected chi connectivity index (χ1v) is 8.34. The van der Waals surface area contributed by atoms with Crippen molar-refractivity contribution in [2.24, 2.45) is 12.0 Å². The predicted octanol–water partition coefficient (Wildman–Crippen LogP) is 3.16. The van der Waals surface area contributed by atoms with Gasteiger partial charge in [-0.25, -0.2) is 8.78 Å². The molecule has 1 heterocycles. The molecule has 0 bridgehead atoms. The van der Waals surface area contributed by atoms with Crippen molar-refractivity contribution in [3.05, 3.63) is 46.8 Å². The Morgan fingerprint density at radius 1 is 1.26 bits per heavy atom. The van der Waals surface area contributed by atoms with Crippen LogP contribution in [0.2, 0.25) is 0 Å². The quantitative estimate of drug-likeness (QED) is 0.354. The Morgan fingerprint density at radius 2 is 1.96 bits per heavy atom. The van der Waals surface area contributed by atoms with E-state index in [1.54, 1.807) is 25.2 Å². The van der Waals surface area contributed by atoms with Crippen LogP contribution >= 0.6 is 24.0 Å². The van der Waals surface area contributed by atoms with Gasteiger partial charge in [0.15, 0.2) is 5.96 Å². The summed E-state index contributed by atoms with van der Waals surface area (Å²) in [6, 6.07) is 7.06. The van der Waals surface area contributed by atoms with Gasteiger partial charge in [0.1, 0.15) is 12.4 Å². The van der Waals surface area contributed by atoms with Crippen molar-refractivity contribution < 1.29 is 13.5 Å². The molecule has 0 saturated heterocycles. The number of aromatic nitrogens is 2. The number of hydrogen-bond acceptors (Lipinski definition) is 3. The molecule has 0 amide bonds. The molecule has 0 aliphatic carbocycles. The van der Waals surface area contributed by atoms with Crippen molar-refractivity contribution in [1.29, 1.82) is 0 Å². The second-order valence-electron chi connectivity index (χ2n) is 5.90. The highest BCUT2D eigenvalue weighted by Gasteiger charge is 2.10.